The Kier molecular flexibility index (Phi) is 8.95. The van der Waals surface area contributed by atoms with Crippen LogP contribution in [0.5, 0.6) is 11.5 Å². The fourth-order valence-electron chi connectivity index (χ4n) is 3.88. The van der Waals surface area contributed by atoms with E-state index >= 15 is 0 Å². The highest BCUT2D eigenvalue weighted by Crippen LogP contribution is 2.42. The Hall–Kier alpha value is -4.98. The monoisotopic (exact) mass is 521 g/mol. The number of carbonyl (C=O) groups is 3. The maximum atomic E-state index is 12.7. The molecule has 3 rings (SSSR count). The predicted octanol–water partition coefficient (Wildman–Crippen LogP) is 3.14. The van der Waals surface area contributed by atoms with Crippen molar-refractivity contribution in [1.82, 2.24) is 0 Å². The topological polar surface area (TPSA) is 159 Å². The van der Waals surface area contributed by atoms with Crippen LogP contribution < -0.4 is 20.5 Å². The van der Waals surface area contributed by atoms with Crippen molar-refractivity contribution < 1.29 is 38.1 Å². The SMILES string of the molecule is CCOC(=O)C1=C(C)OC(N)=C(C#N)C1c1ccc(OCC(=O)Nc2ccccc2C(=O)OC)c(OC)c1. The molecule has 0 radical (unpaired) electrons. The van der Waals surface area contributed by atoms with Crippen LogP contribution in [0.15, 0.2) is 65.3 Å². The summed E-state index contributed by atoms with van der Waals surface area (Å²) in [5.41, 5.74) is 7.09. The van der Waals surface area contributed by atoms with Crippen molar-refractivity contribution in [2.75, 3.05) is 32.8 Å². The zero-order chi connectivity index (χ0) is 27.8. The van der Waals surface area contributed by atoms with Crippen LogP contribution in [-0.2, 0) is 23.8 Å². The summed E-state index contributed by atoms with van der Waals surface area (Å²) < 4.78 is 26.4. The summed E-state index contributed by atoms with van der Waals surface area (Å²) >= 11 is 0. The van der Waals surface area contributed by atoms with Gasteiger partial charge in [0.15, 0.2) is 18.1 Å². The van der Waals surface area contributed by atoms with Crippen molar-refractivity contribution >= 4 is 23.5 Å². The number of esters is 2. The Morgan fingerprint density at radius 2 is 1.84 bits per heavy atom. The first kappa shape index (κ1) is 27.6. The van der Waals surface area contributed by atoms with Crippen molar-refractivity contribution in [3.63, 3.8) is 0 Å². The second-order valence-electron chi connectivity index (χ2n) is 7.90. The molecule has 2 aromatic carbocycles. The highest BCUT2D eigenvalue weighted by molar-refractivity contribution is 6.01. The number of nitrogens with two attached hydrogens (primary N) is 1. The molecule has 1 atom stereocenters. The molecule has 2 aromatic rings. The van der Waals surface area contributed by atoms with Gasteiger partial charge in [0.25, 0.3) is 5.91 Å². The Balaban J connectivity index is 1.85. The minimum Gasteiger partial charge on any atom is -0.493 e. The van der Waals surface area contributed by atoms with Gasteiger partial charge in [-0.3, -0.25) is 4.79 Å². The molecule has 0 spiro atoms. The number of benzene rings is 2. The fraction of sp³-hybridized carbons (Fsp3) is 0.259. The number of hydrogen-bond donors (Lipinski definition) is 2. The zero-order valence-corrected chi connectivity index (χ0v) is 21.3. The van der Waals surface area contributed by atoms with E-state index in [0.717, 1.165) is 0 Å². The first-order valence-corrected chi connectivity index (χ1v) is 11.5. The molecule has 0 saturated heterocycles. The summed E-state index contributed by atoms with van der Waals surface area (Å²) in [4.78, 5) is 37.2. The zero-order valence-electron chi connectivity index (χ0n) is 21.3. The molecule has 3 N–H and O–H groups in total. The number of nitrogens with one attached hydrogen (secondary N) is 1. The molecule has 1 unspecified atom stereocenters. The number of amides is 1. The molecule has 11 heteroatoms. The van der Waals surface area contributed by atoms with Crippen molar-refractivity contribution in [1.29, 1.82) is 5.26 Å². The van der Waals surface area contributed by atoms with Gasteiger partial charge in [-0.25, -0.2) is 9.59 Å². The lowest BCUT2D eigenvalue weighted by molar-refractivity contribution is -0.139. The van der Waals surface area contributed by atoms with E-state index in [1.54, 1.807) is 50.2 Å². The minimum atomic E-state index is -0.867. The molecule has 0 aromatic heterocycles. The number of para-hydroxylation sites is 1. The normalized spacial score (nSPS) is 14.7. The summed E-state index contributed by atoms with van der Waals surface area (Å²) in [6, 6.07) is 13.2. The number of anilines is 1. The third-order valence-electron chi connectivity index (χ3n) is 5.59. The Morgan fingerprint density at radius 1 is 1.11 bits per heavy atom. The van der Waals surface area contributed by atoms with E-state index in [9.17, 15) is 19.6 Å². The molecule has 0 fully saturated rings. The second kappa shape index (κ2) is 12.3. The number of allylic oxidation sites excluding steroid dienone is 2. The van der Waals surface area contributed by atoms with Crippen LogP contribution in [0, 0.1) is 11.3 Å². The molecule has 0 aliphatic carbocycles. The molecule has 0 bridgehead atoms. The van der Waals surface area contributed by atoms with Gasteiger partial charge in [0.2, 0.25) is 5.88 Å². The Morgan fingerprint density at radius 3 is 2.50 bits per heavy atom. The molecule has 1 heterocycles. The van der Waals surface area contributed by atoms with E-state index in [1.165, 1.54) is 20.3 Å². The molecule has 1 aliphatic rings. The standard InChI is InChI=1S/C27H27N3O8/c1-5-36-27(33)23-15(2)38-25(29)18(13-28)24(23)16-10-11-20(21(12-16)34-3)37-14-22(31)30-19-9-7-6-8-17(19)26(32)35-4/h6-12,24H,5,14,29H2,1-4H3,(H,30,31). The number of carbonyl (C=O) groups excluding carboxylic acids is 3. The molecule has 198 valence electrons. The van der Waals surface area contributed by atoms with Gasteiger partial charge >= 0.3 is 11.9 Å². The summed E-state index contributed by atoms with van der Waals surface area (Å²) in [6.07, 6.45) is 0. The van der Waals surface area contributed by atoms with Crippen molar-refractivity contribution in [3.05, 3.63) is 76.4 Å². The molecule has 1 amide bonds. The van der Waals surface area contributed by atoms with Crippen molar-refractivity contribution in [3.8, 4) is 17.6 Å². The van der Waals surface area contributed by atoms with Crippen LogP contribution >= 0.6 is 0 Å². The summed E-state index contributed by atoms with van der Waals surface area (Å²) in [5.74, 6) is -2.05. The van der Waals surface area contributed by atoms with Gasteiger partial charge < -0.3 is 34.7 Å². The van der Waals surface area contributed by atoms with E-state index in [1.807, 2.05) is 6.07 Å². The lowest BCUT2D eigenvalue weighted by Crippen LogP contribution is -2.25. The van der Waals surface area contributed by atoms with Gasteiger partial charge in [-0.05, 0) is 43.7 Å². The van der Waals surface area contributed by atoms with Gasteiger partial charge in [0.05, 0.1) is 43.6 Å². The highest BCUT2D eigenvalue weighted by atomic mass is 16.5. The lowest BCUT2D eigenvalue weighted by Gasteiger charge is -2.27. The maximum Gasteiger partial charge on any atom is 0.339 e. The largest absolute Gasteiger partial charge is 0.493 e. The first-order chi connectivity index (χ1) is 18.2. The molecule has 1 aliphatic heterocycles. The van der Waals surface area contributed by atoms with Crippen LogP contribution in [0.3, 0.4) is 0 Å². The van der Waals surface area contributed by atoms with Crippen LogP contribution in [0.25, 0.3) is 0 Å². The Bertz CT molecular complexity index is 1360. The molecule has 11 nitrogen and oxygen atoms in total. The number of methoxy groups -OCH3 is 2. The maximum absolute atomic E-state index is 12.7. The first-order valence-electron chi connectivity index (χ1n) is 11.5. The number of rotatable bonds is 9. The second-order valence-corrected chi connectivity index (χ2v) is 7.90. The molecular weight excluding hydrogens is 494 g/mol. The molecular formula is C27H27N3O8. The van der Waals surface area contributed by atoms with E-state index in [4.69, 9.17) is 29.4 Å². The van der Waals surface area contributed by atoms with E-state index in [-0.39, 0.29) is 52.1 Å². The minimum absolute atomic E-state index is 0.0398. The van der Waals surface area contributed by atoms with Gasteiger partial charge in [0.1, 0.15) is 17.4 Å². The van der Waals surface area contributed by atoms with Gasteiger partial charge in [-0.2, -0.15) is 5.26 Å². The third-order valence-corrected chi connectivity index (χ3v) is 5.59. The van der Waals surface area contributed by atoms with Crippen LogP contribution in [-0.4, -0.2) is 45.3 Å². The van der Waals surface area contributed by atoms with Gasteiger partial charge in [-0.1, -0.05) is 18.2 Å². The van der Waals surface area contributed by atoms with Crippen molar-refractivity contribution in [2.45, 2.75) is 19.8 Å². The van der Waals surface area contributed by atoms with Crippen LogP contribution in [0.2, 0.25) is 0 Å². The fourth-order valence-corrected chi connectivity index (χ4v) is 3.88. The number of hydrogen-bond acceptors (Lipinski definition) is 10. The summed E-state index contributed by atoms with van der Waals surface area (Å²) in [6.45, 7) is 2.96. The lowest BCUT2D eigenvalue weighted by atomic mass is 9.83. The molecule has 0 saturated carbocycles. The average Bonchev–Trinajstić information content (AvgIpc) is 2.91. The van der Waals surface area contributed by atoms with Crippen LogP contribution in [0.1, 0.15) is 35.7 Å². The molecule has 38 heavy (non-hydrogen) atoms. The number of nitrogens with zero attached hydrogens (tertiary/aromatic N) is 1. The quantitative estimate of drug-likeness (QED) is 0.469. The van der Waals surface area contributed by atoms with Gasteiger partial charge in [-0.15, -0.1) is 0 Å². The Labute approximate surface area is 219 Å². The average molecular weight is 522 g/mol. The number of nitriles is 1. The third kappa shape index (κ3) is 5.87. The smallest absolute Gasteiger partial charge is 0.339 e. The van der Waals surface area contributed by atoms with E-state index < -0.39 is 30.4 Å². The number of ether oxygens (including phenoxy) is 5. The summed E-state index contributed by atoms with van der Waals surface area (Å²) in [5, 5.41) is 12.4. The van der Waals surface area contributed by atoms with Crippen LogP contribution in [0.4, 0.5) is 5.69 Å². The highest BCUT2D eigenvalue weighted by Gasteiger charge is 2.36. The van der Waals surface area contributed by atoms with Gasteiger partial charge in [0, 0.05) is 0 Å². The predicted molar refractivity (Wildman–Crippen MR) is 135 cm³/mol. The van der Waals surface area contributed by atoms with Crippen molar-refractivity contribution in [2.24, 2.45) is 5.73 Å². The van der Waals surface area contributed by atoms with E-state index in [0.29, 0.717) is 5.56 Å². The summed E-state index contributed by atoms with van der Waals surface area (Å²) in [7, 11) is 2.65. The van der Waals surface area contributed by atoms with E-state index in [2.05, 4.69) is 5.32 Å².